The number of halogens is 8. The maximum atomic E-state index is 15.3. The number of phenols is 1. The zero-order valence-electron chi connectivity index (χ0n) is 25.6. The van der Waals surface area contributed by atoms with E-state index in [1.54, 1.807) is 60.7 Å². The molecular weight excluding hydrogens is 786 g/mol. The van der Waals surface area contributed by atoms with Crippen LogP contribution in [0, 0.1) is 46.8 Å². The van der Waals surface area contributed by atoms with E-state index in [2.05, 4.69) is 15.9 Å². The molecule has 51 heavy (non-hydrogen) atoms. The van der Waals surface area contributed by atoms with Crippen molar-refractivity contribution >= 4 is 84.9 Å². The largest absolute Gasteiger partial charge is 0.507 e. The molecule has 2 heterocycles. The number of nitrogens with zero attached hydrogens (tertiary/aromatic N) is 2. The third-order valence-corrected chi connectivity index (χ3v) is 12.5. The van der Waals surface area contributed by atoms with Gasteiger partial charge in [0.25, 0.3) is 11.8 Å². The molecule has 15 heteroatoms. The number of aromatic hydroxyl groups is 1. The Labute approximate surface area is 303 Å². The van der Waals surface area contributed by atoms with Gasteiger partial charge in [0.05, 0.1) is 17.5 Å². The summed E-state index contributed by atoms with van der Waals surface area (Å²) in [4.78, 5) is 52.2. The first-order valence-electron chi connectivity index (χ1n) is 15.5. The Morgan fingerprint density at radius 3 is 2.04 bits per heavy atom. The van der Waals surface area contributed by atoms with Gasteiger partial charge in [-0.15, -0.1) is 23.2 Å². The van der Waals surface area contributed by atoms with E-state index in [0.717, 1.165) is 4.90 Å². The molecule has 0 spiro atoms. The smallest absolute Gasteiger partial charge is 0.258 e. The lowest BCUT2D eigenvalue weighted by Crippen LogP contribution is -2.60. The van der Waals surface area contributed by atoms with Crippen molar-refractivity contribution < 1.29 is 46.2 Å². The summed E-state index contributed by atoms with van der Waals surface area (Å²) in [5.74, 6) is -22.0. The fourth-order valence-electron chi connectivity index (χ4n) is 8.26. The van der Waals surface area contributed by atoms with E-state index in [-0.39, 0.29) is 33.5 Å². The number of phenolic OH excluding ortho intramolecular Hbond substituents is 1. The van der Waals surface area contributed by atoms with Crippen molar-refractivity contribution in [3.63, 3.8) is 0 Å². The van der Waals surface area contributed by atoms with Gasteiger partial charge in [0, 0.05) is 21.3 Å². The Morgan fingerprint density at radius 1 is 0.745 bits per heavy atom. The number of allylic oxidation sites excluding steroid dienone is 2. The van der Waals surface area contributed by atoms with Gasteiger partial charge in [0.1, 0.15) is 11.4 Å². The second-order valence-corrected chi connectivity index (χ2v) is 15.1. The van der Waals surface area contributed by atoms with Crippen molar-refractivity contribution in [2.45, 2.75) is 28.5 Å². The van der Waals surface area contributed by atoms with E-state index in [1.165, 1.54) is 6.07 Å². The van der Waals surface area contributed by atoms with Gasteiger partial charge in [-0.1, -0.05) is 64.0 Å². The average molecular weight is 806 g/mol. The number of amides is 4. The van der Waals surface area contributed by atoms with Gasteiger partial charge in [0.2, 0.25) is 17.6 Å². The first-order chi connectivity index (χ1) is 24.1. The minimum atomic E-state index is -2.75. The van der Waals surface area contributed by atoms with Crippen molar-refractivity contribution in [3.8, 4) is 5.75 Å². The number of carbonyl (C=O) groups is 4. The molecule has 4 aromatic rings. The van der Waals surface area contributed by atoms with Crippen LogP contribution in [0.4, 0.5) is 33.3 Å². The number of alkyl halides is 2. The molecule has 3 fully saturated rings. The number of rotatable bonds is 3. The molecule has 2 aliphatic heterocycles. The number of carbonyl (C=O) groups excluding carboxylic acids is 4. The molecule has 6 atom stereocenters. The fourth-order valence-corrected chi connectivity index (χ4v) is 9.45. The zero-order chi connectivity index (χ0) is 36.5. The van der Waals surface area contributed by atoms with Crippen molar-refractivity contribution in [2.24, 2.45) is 17.8 Å². The van der Waals surface area contributed by atoms with Crippen molar-refractivity contribution in [3.05, 3.63) is 111 Å². The molecule has 2 aliphatic carbocycles. The van der Waals surface area contributed by atoms with Crippen LogP contribution in [-0.4, -0.2) is 38.5 Å². The first kappa shape index (κ1) is 33.8. The van der Waals surface area contributed by atoms with E-state index in [0.29, 0.717) is 9.86 Å². The molecule has 6 unspecified atom stereocenters. The van der Waals surface area contributed by atoms with E-state index in [1.807, 2.05) is 0 Å². The van der Waals surface area contributed by atoms with Crippen LogP contribution in [0.25, 0.3) is 10.8 Å². The number of hydrogen-bond donors (Lipinski definition) is 1. The highest BCUT2D eigenvalue weighted by atomic mass is 79.9. The number of anilines is 2. The van der Waals surface area contributed by atoms with Crippen molar-refractivity contribution in [2.75, 3.05) is 9.80 Å². The normalized spacial score (nSPS) is 28.7. The molecular formula is C36H20BrCl2F5N2O5. The summed E-state index contributed by atoms with van der Waals surface area (Å²) in [6.45, 7) is 0. The van der Waals surface area contributed by atoms with Gasteiger partial charge < -0.3 is 5.11 Å². The SMILES string of the molecule is O=C1C2CC=C3C(CC4(Cl)C(=O)N(c5c(F)c(F)c(F)c(F)c5F)C(=O)C4(Cl)C3c3ccc4ccccc4c3O)C2C(=O)N1c1ccc(Br)cc1. The summed E-state index contributed by atoms with van der Waals surface area (Å²) in [5.41, 5.74) is -1.45. The predicted molar refractivity (Wildman–Crippen MR) is 179 cm³/mol. The van der Waals surface area contributed by atoms with Crippen LogP contribution in [0.5, 0.6) is 5.75 Å². The Bertz CT molecular complexity index is 2300. The van der Waals surface area contributed by atoms with E-state index >= 15 is 8.78 Å². The molecule has 2 saturated heterocycles. The summed E-state index contributed by atoms with van der Waals surface area (Å²) in [7, 11) is 0. The molecule has 0 radical (unpaired) electrons. The molecule has 0 aromatic heterocycles. The lowest BCUT2D eigenvalue weighted by molar-refractivity contribution is -0.125. The Balaban J connectivity index is 1.35. The second-order valence-electron chi connectivity index (χ2n) is 12.9. The van der Waals surface area contributed by atoms with Gasteiger partial charge >= 0.3 is 0 Å². The Hall–Kier alpha value is -4.33. The Morgan fingerprint density at radius 2 is 1.37 bits per heavy atom. The van der Waals surface area contributed by atoms with Crippen LogP contribution in [-0.2, 0) is 19.2 Å². The minimum absolute atomic E-state index is 0.0370. The van der Waals surface area contributed by atoms with Crippen LogP contribution < -0.4 is 9.80 Å². The molecule has 1 N–H and O–H groups in total. The van der Waals surface area contributed by atoms with Gasteiger partial charge in [-0.3, -0.25) is 24.1 Å². The third kappa shape index (κ3) is 4.28. The van der Waals surface area contributed by atoms with Gasteiger partial charge in [-0.25, -0.2) is 26.9 Å². The number of imide groups is 2. The molecule has 7 nitrogen and oxygen atoms in total. The topological polar surface area (TPSA) is 95.0 Å². The monoisotopic (exact) mass is 804 g/mol. The van der Waals surface area contributed by atoms with Crippen LogP contribution in [0.2, 0.25) is 0 Å². The van der Waals surface area contributed by atoms with Crippen LogP contribution in [0.3, 0.4) is 0 Å². The summed E-state index contributed by atoms with van der Waals surface area (Å²) in [6.07, 6.45) is 0.880. The molecule has 4 aliphatic rings. The van der Waals surface area contributed by atoms with Crippen molar-refractivity contribution in [1.29, 1.82) is 0 Å². The van der Waals surface area contributed by atoms with Crippen molar-refractivity contribution in [1.82, 2.24) is 0 Å². The molecule has 8 rings (SSSR count). The van der Waals surface area contributed by atoms with Gasteiger partial charge in [0.15, 0.2) is 33.0 Å². The fraction of sp³-hybridized carbons (Fsp3) is 0.222. The quantitative estimate of drug-likeness (QED) is 0.0571. The van der Waals surface area contributed by atoms with Gasteiger partial charge in [-0.2, -0.15) is 0 Å². The summed E-state index contributed by atoms with van der Waals surface area (Å²) in [5, 5.41) is 12.5. The summed E-state index contributed by atoms with van der Waals surface area (Å²) >= 11 is 17.7. The van der Waals surface area contributed by atoms with E-state index in [9.17, 15) is 37.5 Å². The maximum absolute atomic E-state index is 15.3. The summed E-state index contributed by atoms with van der Waals surface area (Å²) in [6, 6.07) is 15.9. The second kappa shape index (κ2) is 11.3. The lowest BCUT2D eigenvalue weighted by Gasteiger charge is -2.50. The summed E-state index contributed by atoms with van der Waals surface area (Å²) < 4.78 is 74.3. The van der Waals surface area contributed by atoms with E-state index in [4.69, 9.17) is 23.2 Å². The first-order valence-corrected chi connectivity index (χ1v) is 17.0. The number of fused-ring (bicyclic) bond motifs is 5. The molecule has 0 bridgehead atoms. The average Bonchev–Trinajstić information content (AvgIpc) is 3.45. The predicted octanol–water partition coefficient (Wildman–Crippen LogP) is 7.77. The van der Waals surface area contributed by atoms with Crippen LogP contribution in [0.15, 0.2) is 76.8 Å². The highest BCUT2D eigenvalue weighted by Crippen LogP contribution is 2.67. The number of benzene rings is 4. The highest BCUT2D eigenvalue weighted by Gasteiger charge is 2.77. The maximum Gasteiger partial charge on any atom is 0.258 e. The van der Waals surface area contributed by atoms with Crippen LogP contribution >= 0.6 is 39.1 Å². The third-order valence-electron chi connectivity index (χ3n) is 10.5. The molecule has 260 valence electrons. The van der Waals surface area contributed by atoms with Crippen LogP contribution in [0.1, 0.15) is 24.3 Å². The molecule has 4 amide bonds. The number of hydrogen-bond acceptors (Lipinski definition) is 5. The standard InChI is InChI=1S/C36H20BrCl2F5N2O5/c37-15-6-8-16(9-7-15)45-31(48)19-12-11-18-21(22(19)32(45)49)13-35(38)33(50)46(29-27(43)25(41)24(40)26(42)28(29)44)34(51)36(35,39)23(18)20-10-5-14-3-1-2-4-17(14)30(20)47/h1-11,19,21-23,47H,12-13H2. The molecule has 1 saturated carbocycles. The Kier molecular flexibility index (Phi) is 7.51. The van der Waals surface area contributed by atoms with E-state index < -0.39 is 104 Å². The minimum Gasteiger partial charge on any atom is -0.507 e. The lowest BCUT2D eigenvalue weighted by atomic mass is 9.56. The zero-order valence-corrected chi connectivity index (χ0v) is 28.7. The highest BCUT2D eigenvalue weighted by molar-refractivity contribution is 9.10. The molecule has 4 aromatic carbocycles. The van der Waals surface area contributed by atoms with Gasteiger partial charge in [-0.05, 0) is 48.4 Å².